The van der Waals surface area contributed by atoms with Gasteiger partial charge in [-0.2, -0.15) is 0 Å². The summed E-state index contributed by atoms with van der Waals surface area (Å²) in [5, 5.41) is 5.41. The predicted octanol–water partition coefficient (Wildman–Crippen LogP) is 7.19. The SMILES string of the molecule is O=C(Nc1ccc(F)cc1F)c1cc(NC(=O)C2C(c3cc(Cl)cc(Cl)c3)C2(Cl)Cl)ccc1F. The number of nitrogens with one attached hydrogen (secondary N) is 2. The molecule has 0 radical (unpaired) electrons. The molecule has 11 heteroatoms. The molecule has 2 amide bonds. The number of carbonyl (C=O) groups excluding carboxylic acids is 2. The Labute approximate surface area is 211 Å². The normalized spacial score (nSPS) is 18.3. The molecular formula is C23H13Cl4F3N2O2. The standard InChI is InChI=1S/C23H13Cl4F3N2O2/c24-11-5-10(6-12(25)7-11)19-20(23(19,26)27)22(34)31-14-2-3-16(29)15(9-14)21(33)32-18-4-1-13(28)8-17(18)30/h1-9,19-20H,(H,31,34)(H,32,33). The summed E-state index contributed by atoms with van der Waals surface area (Å²) >= 11 is 24.7. The monoisotopic (exact) mass is 546 g/mol. The molecule has 2 N–H and O–H groups in total. The third kappa shape index (κ3) is 4.98. The average Bonchev–Trinajstić information content (AvgIpc) is 3.33. The van der Waals surface area contributed by atoms with Gasteiger partial charge in [0.25, 0.3) is 5.91 Å². The van der Waals surface area contributed by atoms with Crippen LogP contribution in [0.5, 0.6) is 0 Å². The molecule has 2 unspecified atom stereocenters. The van der Waals surface area contributed by atoms with E-state index in [0.717, 1.165) is 24.3 Å². The van der Waals surface area contributed by atoms with E-state index in [1.165, 1.54) is 12.1 Å². The van der Waals surface area contributed by atoms with Gasteiger partial charge in [-0.15, -0.1) is 23.2 Å². The van der Waals surface area contributed by atoms with Crippen LogP contribution in [0.15, 0.2) is 54.6 Å². The molecule has 1 fully saturated rings. The predicted molar refractivity (Wildman–Crippen MR) is 126 cm³/mol. The van der Waals surface area contributed by atoms with Crippen LogP contribution < -0.4 is 10.6 Å². The van der Waals surface area contributed by atoms with Crippen molar-refractivity contribution in [1.82, 2.24) is 0 Å². The molecule has 0 spiro atoms. The van der Waals surface area contributed by atoms with Crippen molar-refractivity contribution >= 4 is 69.6 Å². The fourth-order valence-electron chi connectivity index (χ4n) is 3.60. The van der Waals surface area contributed by atoms with Crippen molar-refractivity contribution in [2.24, 2.45) is 5.92 Å². The summed E-state index contributed by atoms with van der Waals surface area (Å²) in [4.78, 5) is 25.3. The lowest BCUT2D eigenvalue weighted by atomic mass is 10.1. The van der Waals surface area contributed by atoms with Crippen LogP contribution in [0.25, 0.3) is 0 Å². The summed E-state index contributed by atoms with van der Waals surface area (Å²) in [6.07, 6.45) is 0. The number of hydrogen-bond donors (Lipinski definition) is 2. The zero-order valence-electron chi connectivity index (χ0n) is 16.8. The molecule has 0 heterocycles. The molecule has 1 aliphatic rings. The van der Waals surface area contributed by atoms with E-state index >= 15 is 0 Å². The van der Waals surface area contributed by atoms with Crippen LogP contribution in [0.1, 0.15) is 21.8 Å². The second-order valence-electron chi connectivity index (χ2n) is 7.59. The van der Waals surface area contributed by atoms with Gasteiger partial charge >= 0.3 is 0 Å². The Hall–Kier alpha value is -2.45. The molecule has 3 aromatic rings. The minimum atomic E-state index is -1.43. The quantitative estimate of drug-likeness (QED) is 0.332. The molecule has 0 aliphatic heterocycles. The fourth-order valence-corrected chi connectivity index (χ4v) is 4.97. The maximum atomic E-state index is 14.3. The van der Waals surface area contributed by atoms with Crippen LogP contribution in [0.2, 0.25) is 10.0 Å². The van der Waals surface area contributed by atoms with Crippen molar-refractivity contribution in [3.63, 3.8) is 0 Å². The van der Waals surface area contributed by atoms with E-state index in [4.69, 9.17) is 46.4 Å². The topological polar surface area (TPSA) is 58.2 Å². The molecule has 176 valence electrons. The summed E-state index contributed by atoms with van der Waals surface area (Å²) in [5.41, 5.74) is -0.160. The van der Waals surface area contributed by atoms with E-state index in [0.29, 0.717) is 21.7 Å². The molecule has 0 aromatic heterocycles. The van der Waals surface area contributed by atoms with Crippen molar-refractivity contribution in [3.8, 4) is 0 Å². The zero-order chi connectivity index (χ0) is 24.8. The van der Waals surface area contributed by atoms with E-state index in [1.807, 2.05) is 0 Å². The van der Waals surface area contributed by atoms with Gasteiger partial charge in [0.1, 0.15) is 21.8 Å². The first kappa shape index (κ1) is 24.7. The molecule has 4 rings (SSSR count). The van der Waals surface area contributed by atoms with Gasteiger partial charge in [0.15, 0.2) is 0 Å². The van der Waals surface area contributed by atoms with Gasteiger partial charge < -0.3 is 10.6 Å². The number of benzene rings is 3. The van der Waals surface area contributed by atoms with Gasteiger partial charge in [-0.3, -0.25) is 9.59 Å². The second-order valence-corrected chi connectivity index (χ2v) is 9.91. The maximum Gasteiger partial charge on any atom is 0.258 e. The summed E-state index contributed by atoms with van der Waals surface area (Å²) in [6.45, 7) is 0. The lowest BCUT2D eigenvalue weighted by molar-refractivity contribution is -0.117. The molecule has 0 bridgehead atoms. The first-order valence-corrected chi connectivity index (χ1v) is 11.2. The average molecular weight is 548 g/mol. The van der Waals surface area contributed by atoms with E-state index in [9.17, 15) is 22.8 Å². The maximum absolute atomic E-state index is 14.3. The third-order valence-electron chi connectivity index (χ3n) is 5.24. The Kier molecular flexibility index (Phi) is 6.75. The molecule has 4 nitrogen and oxygen atoms in total. The lowest BCUT2D eigenvalue weighted by Gasteiger charge is -2.10. The van der Waals surface area contributed by atoms with Crippen LogP contribution in [0.3, 0.4) is 0 Å². The molecule has 34 heavy (non-hydrogen) atoms. The van der Waals surface area contributed by atoms with Gasteiger partial charge in [-0.05, 0) is 54.1 Å². The van der Waals surface area contributed by atoms with Crippen LogP contribution in [0.4, 0.5) is 24.5 Å². The first-order chi connectivity index (χ1) is 16.0. The van der Waals surface area contributed by atoms with Gasteiger partial charge in [0.05, 0.1) is 17.2 Å². The molecular weight excluding hydrogens is 535 g/mol. The summed E-state index contributed by atoms with van der Waals surface area (Å²) in [6, 6.07) is 10.5. The van der Waals surface area contributed by atoms with Gasteiger partial charge in [-0.1, -0.05) is 23.2 Å². The number of anilines is 2. The van der Waals surface area contributed by atoms with Crippen LogP contribution in [-0.2, 0) is 4.79 Å². The summed E-state index contributed by atoms with van der Waals surface area (Å²) < 4.78 is 39.7. The Morgan fingerprint density at radius 2 is 1.50 bits per heavy atom. The van der Waals surface area contributed by atoms with Crippen LogP contribution >= 0.6 is 46.4 Å². The van der Waals surface area contributed by atoms with E-state index in [2.05, 4.69) is 10.6 Å². The first-order valence-electron chi connectivity index (χ1n) is 9.68. The highest BCUT2D eigenvalue weighted by Gasteiger charge is 2.67. The lowest BCUT2D eigenvalue weighted by Crippen LogP contribution is -2.19. The van der Waals surface area contributed by atoms with Gasteiger partial charge in [-0.25, -0.2) is 13.2 Å². The highest BCUT2D eigenvalue weighted by atomic mass is 35.5. The third-order valence-corrected chi connectivity index (χ3v) is 6.61. The highest BCUT2D eigenvalue weighted by molar-refractivity contribution is 6.53. The Morgan fingerprint density at radius 3 is 2.15 bits per heavy atom. The fraction of sp³-hybridized carbons (Fsp3) is 0.130. The van der Waals surface area contributed by atoms with E-state index in [1.54, 1.807) is 12.1 Å². The minimum Gasteiger partial charge on any atom is -0.326 e. The Bertz CT molecular complexity index is 1300. The van der Waals surface area contributed by atoms with Crippen molar-refractivity contribution in [1.29, 1.82) is 0 Å². The zero-order valence-corrected chi connectivity index (χ0v) is 19.8. The second kappa shape index (κ2) is 9.30. The Balaban J connectivity index is 1.52. The molecule has 0 saturated heterocycles. The molecule has 3 aromatic carbocycles. The largest absolute Gasteiger partial charge is 0.326 e. The van der Waals surface area contributed by atoms with Gasteiger partial charge in [0, 0.05) is 27.7 Å². The number of carbonyl (C=O) groups is 2. The Morgan fingerprint density at radius 1 is 0.824 bits per heavy atom. The number of hydrogen-bond acceptors (Lipinski definition) is 2. The summed E-state index contributed by atoms with van der Waals surface area (Å²) in [5.74, 6) is -5.83. The number of alkyl halides is 2. The highest BCUT2D eigenvalue weighted by Crippen LogP contribution is 2.65. The molecule has 1 aliphatic carbocycles. The van der Waals surface area contributed by atoms with Gasteiger partial charge in [0.2, 0.25) is 5.91 Å². The van der Waals surface area contributed by atoms with Crippen LogP contribution in [-0.4, -0.2) is 16.1 Å². The summed E-state index contributed by atoms with van der Waals surface area (Å²) in [7, 11) is 0. The minimum absolute atomic E-state index is 0.0787. The van der Waals surface area contributed by atoms with Crippen molar-refractivity contribution < 1.29 is 22.8 Å². The number of halogens is 7. The van der Waals surface area contributed by atoms with E-state index < -0.39 is 51.0 Å². The number of rotatable bonds is 5. The van der Waals surface area contributed by atoms with Crippen molar-refractivity contribution in [2.45, 2.75) is 10.3 Å². The van der Waals surface area contributed by atoms with Crippen molar-refractivity contribution in [2.75, 3.05) is 10.6 Å². The smallest absolute Gasteiger partial charge is 0.258 e. The molecule has 2 atom stereocenters. The number of amides is 2. The van der Waals surface area contributed by atoms with Crippen molar-refractivity contribution in [3.05, 3.63) is 93.2 Å². The van der Waals surface area contributed by atoms with E-state index in [-0.39, 0.29) is 11.4 Å². The van der Waals surface area contributed by atoms with Crippen LogP contribution in [0, 0.1) is 23.4 Å². The molecule has 1 saturated carbocycles.